The molecule has 0 spiro atoms. The molecule has 2 N–H and O–H groups in total. The smallest absolute Gasteiger partial charge is 0.0558 e. The third-order valence-electron chi connectivity index (χ3n) is 2.21. The van der Waals surface area contributed by atoms with Gasteiger partial charge in [-0.05, 0) is 32.5 Å². The van der Waals surface area contributed by atoms with Crippen molar-refractivity contribution in [1.82, 2.24) is 10.2 Å². The van der Waals surface area contributed by atoms with Crippen molar-refractivity contribution in [3.8, 4) is 0 Å². The number of nitrogens with zero attached hydrogens (tertiary/aromatic N) is 1. The van der Waals surface area contributed by atoms with E-state index in [-0.39, 0.29) is 31.4 Å². The van der Waals surface area contributed by atoms with Crippen molar-refractivity contribution in [2.45, 2.75) is 6.42 Å². The highest BCUT2D eigenvalue weighted by atomic mass is 35.5. The molecule has 0 aromatic heterocycles. The monoisotopic (exact) mass is 230 g/mol. The quantitative estimate of drug-likeness (QED) is 0.733. The van der Waals surface area contributed by atoms with Gasteiger partial charge in [-0.1, -0.05) is 0 Å². The van der Waals surface area contributed by atoms with Gasteiger partial charge in [0.25, 0.3) is 0 Å². The van der Waals surface area contributed by atoms with E-state index in [2.05, 4.69) is 17.3 Å². The Bertz CT molecular complexity index is 110. The van der Waals surface area contributed by atoms with E-state index >= 15 is 0 Å². The molecule has 0 radical (unpaired) electrons. The first kappa shape index (κ1) is 15.9. The lowest BCUT2D eigenvalue weighted by atomic mass is 10.1. The van der Waals surface area contributed by atoms with Gasteiger partial charge >= 0.3 is 0 Å². The maximum absolute atomic E-state index is 8.65. The number of hydrogen-bond donors (Lipinski definition) is 2. The lowest BCUT2D eigenvalue weighted by Gasteiger charge is -2.18. The van der Waals surface area contributed by atoms with Gasteiger partial charge in [0, 0.05) is 13.1 Å². The van der Waals surface area contributed by atoms with Crippen LogP contribution in [0.2, 0.25) is 0 Å². The summed E-state index contributed by atoms with van der Waals surface area (Å²) < 4.78 is 0. The lowest BCUT2D eigenvalue weighted by Crippen LogP contribution is -2.29. The van der Waals surface area contributed by atoms with E-state index in [1.54, 1.807) is 0 Å². The topological polar surface area (TPSA) is 35.5 Å². The molecule has 5 heteroatoms. The van der Waals surface area contributed by atoms with Crippen LogP contribution in [0, 0.1) is 5.92 Å². The van der Waals surface area contributed by atoms with Crippen LogP contribution in [0.25, 0.3) is 0 Å². The Kier molecular flexibility index (Phi) is 11.1. The van der Waals surface area contributed by atoms with Crippen molar-refractivity contribution < 1.29 is 5.11 Å². The highest BCUT2D eigenvalue weighted by Crippen LogP contribution is 2.07. The summed E-state index contributed by atoms with van der Waals surface area (Å²) in [5, 5.41) is 12.0. The van der Waals surface area contributed by atoms with E-state index < -0.39 is 0 Å². The van der Waals surface area contributed by atoms with Gasteiger partial charge in [0.1, 0.15) is 0 Å². The van der Waals surface area contributed by atoms with Crippen LogP contribution in [0.1, 0.15) is 6.42 Å². The molecule has 0 amide bonds. The van der Waals surface area contributed by atoms with Gasteiger partial charge < -0.3 is 15.3 Å². The van der Waals surface area contributed by atoms with E-state index in [9.17, 15) is 0 Å². The molecule has 1 heterocycles. The Morgan fingerprint density at radius 2 is 2.15 bits per heavy atom. The number of rotatable bonds is 4. The standard InChI is InChI=1S/C8H18N2O.2ClH/c1-10(4-5-11)7-8-2-3-9-6-8;;/h8-9,11H,2-7H2,1H3;2*1H. The molecule has 0 aromatic carbocycles. The predicted molar refractivity (Wildman–Crippen MR) is 60.1 cm³/mol. The third-order valence-corrected chi connectivity index (χ3v) is 2.21. The summed E-state index contributed by atoms with van der Waals surface area (Å²) in [6.07, 6.45) is 1.29. The second-order valence-corrected chi connectivity index (χ2v) is 3.34. The summed E-state index contributed by atoms with van der Waals surface area (Å²) in [6.45, 7) is 4.51. The van der Waals surface area contributed by atoms with E-state index in [1.807, 2.05) is 0 Å². The van der Waals surface area contributed by atoms with Gasteiger partial charge in [0.15, 0.2) is 0 Å². The first-order valence-corrected chi connectivity index (χ1v) is 4.33. The molecule has 1 fully saturated rings. The molecular formula is C8H20Cl2N2O. The van der Waals surface area contributed by atoms with Gasteiger partial charge in [0.05, 0.1) is 6.61 Å². The zero-order chi connectivity index (χ0) is 8.10. The number of likely N-dealkylation sites (N-methyl/N-ethyl adjacent to an activating group) is 1. The maximum Gasteiger partial charge on any atom is 0.0558 e. The van der Waals surface area contributed by atoms with Gasteiger partial charge in [-0.25, -0.2) is 0 Å². The van der Waals surface area contributed by atoms with Crippen LogP contribution in [-0.2, 0) is 0 Å². The van der Waals surface area contributed by atoms with E-state index in [0.717, 1.165) is 32.1 Å². The number of nitrogens with one attached hydrogen (secondary N) is 1. The average molecular weight is 231 g/mol. The molecule has 1 unspecified atom stereocenters. The number of hydrogen-bond acceptors (Lipinski definition) is 3. The Labute approximate surface area is 92.7 Å². The normalized spacial score (nSPS) is 21.0. The fourth-order valence-electron chi connectivity index (χ4n) is 1.57. The third kappa shape index (κ3) is 6.52. The summed E-state index contributed by atoms with van der Waals surface area (Å²) in [7, 11) is 2.06. The molecule has 0 bridgehead atoms. The van der Waals surface area contributed by atoms with Crippen LogP contribution in [0.15, 0.2) is 0 Å². The van der Waals surface area contributed by atoms with Crippen molar-refractivity contribution in [3.05, 3.63) is 0 Å². The van der Waals surface area contributed by atoms with Crippen molar-refractivity contribution in [1.29, 1.82) is 0 Å². The molecule has 1 saturated heterocycles. The predicted octanol–water partition coefficient (Wildman–Crippen LogP) is 0.364. The summed E-state index contributed by atoms with van der Waals surface area (Å²) in [6, 6.07) is 0. The Morgan fingerprint density at radius 3 is 2.62 bits per heavy atom. The SMILES string of the molecule is CN(CCO)CC1CCNC1.Cl.Cl. The van der Waals surface area contributed by atoms with Crippen LogP contribution < -0.4 is 5.32 Å². The minimum atomic E-state index is 0. The Morgan fingerprint density at radius 1 is 1.46 bits per heavy atom. The van der Waals surface area contributed by atoms with Gasteiger partial charge in [-0.15, -0.1) is 24.8 Å². The van der Waals surface area contributed by atoms with Crippen LogP contribution >= 0.6 is 24.8 Å². The second-order valence-electron chi connectivity index (χ2n) is 3.34. The van der Waals surface area contributed by atoms with Crippen molar-refractivity contribution in [3.63, 3.8) is 0 Å². The number of aliphatic hydroxyl groups excluding tert-OH is 1. The first-order chi connectivity index (χ1) is 5.33. The van der Waals surface area contributed by atoms with E-state index in [0.29, 0.717) is 0 Å². The zero-order valence-corrected chi connectivity index (χ0v) is 9.66. The maximum atomic E-state index is 8.65. The van der Waals surface area contributed by atoms with Crippen molar-refractivity contribution in [2.75, 3.05) is 39.8 Å². The van der Waals surface area contributed by atoms with Crippen LogP contribution in [-0.4, -0.2) is 49.8 Å². The summed E-state index contributed by atoms with van der Waals surface area (Å²) in [5.74, 6) is 0.798. The molecule has 0 saturated carbocycles. The molecule has 13 heavy (non-hydrogen) atoms. The molecule has 1 atom stereocenters. The lowest BCUT2D eigenvalue weighted by molar-refractivity contribution is 0.205. The minimum Gasteiger partial charge on any atom is -0.395 e. The van der Waals surface area contributed by atoms with Crippen LogP contribution in [0.5, 0.6) is 0 Å². The molecule has 0 aliphatic carbocycles. The molecule has 0 aromatic rings. The molecule has 82 valence electrons. The molecule has 1 aliphatic heterocycles. The van der Waals surface area contributed by atoms with Crippen LogP contribution in [0.4, 0.5) is 0 Å². The first-order valence-electron chi connectivity index (χ1n) is 4.33. The average Bonchev–Trinajstić information content (AvgIpc) is 2.40. The molecule has 1 aliphatic rings. The van der Waals surface area contributed by atoms with Gasteiger partial charge in [-0.2, -0.15) is 0 Å². The minimum absolute atomic E-state index is 0. The largest absolute Gasteiger partial charge is 0.395 e. The number of halogens is 2. The summed E-state index contributed by atoms with van der Waals surface area (Å²) in [4.78, 5) is 2.19. The second kappa shape index (κ2) is 9.03. The molecule has 1 rings (SSSR count). The summed E-state index contributed by atoms with van der Waals surface area (Å²) in [5.41, 5.74) is 0. The summed E-state index contributed by atoms with van der Waals surface area (Å²) >= 11 is 0. The highest BCUT2D eigenvalue weighted by molar-refractivity contribution is 5.85. The van der Waals surface area contributed by atoms with E-state index in [1.165, 1.54) is 6.42 Å². The zero-order valence-electron chi connectivity index (χ0n) is 8.03. The number of aliphatic hydroxyl groups is 1. The molecular weight excluding hydrogens is 211 g/mol. The van der Waals surface area contributed by atoms with Crippen molar-refractivity contribution >= 4 is 24.8 Å². The molecule has 3 nitrogen and oxygen atoms in total. The van der Waals surface area contributed by atoms with Crippen LogP contribution in [0.3, 0.4) is 0 Å². The highest BCUT2D eigenvalue weighted by Gasteiger charge is 2.15. The van der Waals surface area contributed by atoms with Gasteiger partial charge in [0.2, 0.25) is 0 Å². The fourth-order valence-corrected chi connectivity index (χ4v) is 1.57. The fraction of sp³-hybridized carbons (Fsp3) is 1.00. The Hall–Kier alpha value is 0.460. The van der Waals surface area contributed by atoms with Gasteiger partial charge in [-0.3, -0.25) is 0 Å². The van der Waals surface area contributed by atoms with E-state index in [4.69, 9.17) is 5.11 Å². The Balaban J connectivity index is 0. The van der Waals surface area contributed by atoms with Crippen molar-refractivity contribution in [2.24, 2.45) is 5.92 Å².